The predicted octanol–water partition coefficient (Wildman–Crippen LogP) is 4.89. The molecule has 124 valence electrons. The van der Waals surface area contributed by atoms with Gasteiger partial charge in [-0.1, -0.05) is 18.2 Å². The molecule has 5 heteroatoms. The first-order valence-electron chi connectivity index (χ1n) is 7.60. The summed E-state index contributed by atoms with van der Waals surface area (Å²) in [5.74, 6) is 1.52. The van der Waals surface area contributed by atoms with E-state index in [1.54, 1.807) is 20.3 Å². The maximum Gasteiger partial charge on any atom is 0.134 e. The molecule has 3 aromatic rings. The van der Waals surface area contributed by atoms with Crippen molar-refractivity contribution in [1.29, 1.82) is 5.26 Å². The number of ether oxygens (including phenoxy) is 2. The number of hydrogen-bond acceptors (Lipinski definition) is 5. The molecule has 2 aromatic carbocycles. The molecule has 1 heterocycles. The number of methoxy groups -OCH3 is 2. The quantitative estimate of drug-likeness (QED) is 0.616. The van der Waals surface area contributed by atoms with Gasteiger partial charge in [0.15, 0.2) is 0 Å². The fraction of sp³-hybridized carbons (Fsp3) is 0.100. The van der Waals surface area contributed by atoms with E-state index < -0.39 is 0 Å². The Labute approximate surface area is 150 Å². The zero-order valence-corrected chi connectivity index (χ0v) is 14.7. The molecule has 0 saturated carbocycles. The van der Waals surface area contributed by atoms with Crippen molar-refractivity contribution in [3.05, 3.63) is 64.5 Å². The van der Waals surface area contributed by atoms with Gasteiger partial charge in [0, 0.05) is 16.5 Å². The summed E-state index contributed by atoms with van der Waals surface area (Å²) >= 11 is 1.45. The number of nitriles is 1. The summed E-state index contributed by atoms with van der Waals surface area (Å²) in [7, 11) is 3.25. The van der Waals surface area contributed by atoms with Crippen LogP contribution in [0.5, 0.6) is 11.5 Å². The summed E-state index contributed by atoms with van der Waals surface area (Å²) in [6, 6.07) is 17.5. The Kier molecular flexibility index (Phi) is 5.12. The van der Waals surface area contributed by atoms with Gasteiger partial charge in [0.05, 0.1) is 25.5 Å². The van der Waals surface area contributed by atoms with Crippen LogP contribution in [0.15, 0.2) is 53.9 Å². The van der Waals surface area contributed by atoms with E-state index in [1.807, 2.05) is 53.9 Å². The molecule has 1 aromatic heterocycles. The van der Waals surface area contributed by atoms with Crippen LogP contribution in [0.1, 0.15) is 10.6 Å². The van der Waals surface area contributed by atoms with Crippen LogP contribution in [0.25, 0.3) is 22.9 Å². The maximum atomic E-state index is 9.54. The van der Waals surface area contributed by atoms with Gasteiger partial charge in [-0.25, -0.2) is 4.98 Å². The summed E-state index contributed by atoms with van der Waals surface area (Å²) in [6.45, 7) is 0. The standard InChI is InChI=1S/C20H16N2O2S/c1-23-17-9-7-14(8-10-17)18-13-25-20(22-18)16(12-21)11-15-5-3-4-6-19(15)24-2/h3-11,13H,1-2H3. The third kappa shape index (κ3) is 3.70. The van der Waals surface area contributed by atoms with E-state index in [-0.39, 0.29) is 0 Å². The second-order valence-electron chi connectivity index (χ2n) is 5.18. The van der Waals surface area contributed by atoms with Gasteiger partial charge in [-0.3, -0.25) is 0 Å². The highest BCUT2D eigenvalue weighted by Crippen LogP contribution is 2.29. The monoisotopic (exact) mass is 348 g/mol. The van der Waals surface area contributed by atoms with Gasteiger partial charge < -0.3 is 9.47 Å². The Morgan fingerprint density at radius 3 is 2.52 bits per heavy atom. The SMILES string of the molecule is COc1ccc(-c2csc(C(C#N)=Cc3ccccc3OC)n2)cc1. The van der Waals surface area contributed by atoms with E-state index in [0.29, 0.717) is 10.6 Å². The lowest BCUT2D eigenvalue weighted by molar-refractivity contribution is 0.414. The average Bonchev–Trinajstić information content (AvgIpc) is 3.16. The summed E-state index contributed by atoms with van der Waals surface area (Å²) in [4.78, 5) is 4.60. The van der Waals surface area contributed by atoms with Gasteiger partial charge in [0.1, 0.15) is 22.6 Å². The first kappa shape index (κ1) is 16.7. The van der Waals surface area contributed by atoms with Crippen molar-refractivity contribution < 1.29 is 9.47 Å². The van der Waals surface area contributed by atoms with Gasteiger partial charge >= 0.3 is 0 Å². The number of hydrogen-bond donors (Lipinski definition) is 0. The Morgan fingerprint density at radius 1 is 1.08 bits per heavy atom. The number of para-hydroxylation sites is 1. The molecule has 4 nitrogen and oxygen atoms in total. The molecule has 0 unspecified atom stereocenters. The minimum absolute atomic E-state index is 0.509. The van der Waals surface area contributed by atoms with E-state index in [9.17, 15) is 5.26 Å². The predicted molar refractivity (Wildman–Crippen MR) is 101 cm³/mol. The molecule has 3 rings (SSSR count). The van der Waals surface area contributed by atoms with Gasteiger partial charge in [-0.15, -0.1) is 11.3 Å². The van der Waals surface area contributed by atoms with Gasteiger partial charge in [-0.2, -0.15) is 5.26 Å². The molecule has 0 aliphatic heterocycles. The Hall–Kier alpha value is -3.10. The van der Waals surface area contributed by atoms with Crippen molar-refractivity contribution in [3.8, 4) is 28.8 Å². The fourth-order valence-electron chi connectivity index (χ4n) is 2.37. The van der Waals surface area contributed by atoms with Crippen LogP contribution in [0.2, 0.25) is 0 Å². The Balaban J connectivity index is 1.93. The molecule has 0 N–H and O–H groups in total. The molecule has 0 spiro atoms. The van der Waals surface area contributed by atoms with Crippen molar-refractivity contribution in [2.24, 2.45) is 0 Å². The lowest BCUT2D eigenvalue weighted by atomic mass is 10.1. The van der Waals surface area contributed by atoms with Gasteiger partial charge in [0.25, 0.3) is 0 Å². The highest BCUT2D eigenvalue weighted by Gasteiger charge is 2.10. The van der Waals surface area contributed by atoms with Crippen LogP contribution >= 0.6 is 11.3 Å². The first-order chi connectivity index (χ1) is 12.2. The third-order valence-corrected chi connectivity index (χ3v) is 4.56. The van der Waals surface area contributed by atoms with E-state index in [1.165, 1.54) is 11.3 Å². The molecule has 0 amide bonds. The smallest absolute Gasteiger partial charge is 0.134 e. The minimum atomic E-state index is 0.509. The lowest BCUT2D eigenvalue weighted by Gasteiger charge is -2.04. The highest BCUT2D eigenvalue weighted by molar-refractivity contribution is 7.11. The molecule has 0 bridgehead atoms. The van der Waals surface area contributed by atoms with Crippen LogP contribution in [0, 0.1) is 11.3 Å². The number of nitrogens with zero attached hydrogens (tertiary/aromatic N) is 2. The third-order valence-electron chi connectivity index (χ3n) is 3.68. The summed E-state index contributed by atoms with van der Waals surface area (Å²) in [5.41, 5.74) is 3.18. The van der Waals surface area contributed by atoms with Crippen molar-refractivity contribution in [2.75, 3.05) is 14.2 Å². The molecule has 0 saturated heterocycles. The molecule has 0 fully saturated rings. The second-order valence-corrected chi connectivity index (χ2v) is 6.04. The van der Waals surface area contributed by atoms with Crippen LogP contribution in [-0.2, 0) is 0 Å². The number of thiazole rings is 1. The van der Waals surface area contributed by atoms with Crippen molar-refractivity contribution >= 4 is 23.0 Å². The van der Waals surface area contributed by atoms with Crippen LogP contribution in [0.3, 0.4) is 0 Å². The van der Waals surface area contributed by atoms with E-state index in [2.05, 4.69) is 11.1 Å². The Bertz CT molecular complexity index is 937. The summed E-state index contributed by atoms with van der Waals surface area (Å²) in [5, 5.41) is 12.2. The topological polar surface area (TPSA) is 55.1 Å². The molecular weight excluding hydrogens is 332 g/mol. The summed E-state index contributed by atoms with van der Waals surface area (Å²) in [6.07, 6.45) is 1.80. The van der Waals surface area contributed by atoms with Crippen LogP contribution < -0.4 is 9.47 Å². The lowest BCUT2D eigenvalue weighted by Crippen LogP contribution is -1.88. The molecule has 0 aliphatic carbocycles. The maximum absolute atomic E-state index is 9.54. The zero-order chi connectivity index (χ0) is 17.6. The number of aromatic nitrogens is 1. The van der Waals surface area contributed by atoms with Gasteiger partial charge in [-0.05, 0) is 36.4 Å². The molecule has 0 radical (unpaired) electrons. The first-order valence-corrected chi connectivity index (χ1v) is 8.48. The molecular formula is C20H16N2O2S. The number of rotatable bonds is 5. The van der Waals surface area contributed by atoms with E-state index in [0.717, 1.165) is 28.3 Å². The highest BCUT2D eigenvalue weighted by atomic mass is 32.1. The largest absolute Gasteiger partial charge is 0.497 e. The zero-order valence-electron chi connectivity index (χ0n) is 13.9. The normalized spacial score (nSPS) is 11.0. The van der Waals surface area contributed by atoms with E-state index in [4.69, 9.17) is 9.47 Å². The second kappa shape index (κ2) is 7.65. The van der Waals surface area contributed by atoms with Crippen molar-refractivity contribution in [1.82, 2.24) is 4.98 Å². The molecule has 0 aliphatic rings. The fourth-order valence-corrected chi connectivity index (χ4v) is 3.17. The van der Waals surface area contributed by atoms with Crippen LogP contribution in [-0.4, -0.2) is 19.2 Å². The number of allylic oxidation sites excluding steroid dienone is 1. The van der Waals surface area contributed by atoms with Crippen LogP contribution in [0.4, 0.5) is 0 Å². The van der Waals surface area contributed by atoms with Crippen molar-refractivity contribution in [2.45, 2.75) is 0 Å². The molecule has 25 heavy (non-hydrogen) atoms. The van der Waals surface area contributed by atoms with E-state index >= 15 is 0 Å². The molecule has 0 atom stereocenters. The van der Waals surface area contributed by atoms with Crippen molar-refractivity contribution in [3.63, 3.8) is 0 Å². The average molecular weight is 348 g/mol. The Morgan fingerprint density at radius 2 is 1.84 bits per heavy atom. The summed E-state index contributed by atoms with van der Waals surface area (Å²) < 4.78 is 10.5. The minimum Gasteiger partial charge on any atom is -0.497 e. The van der Waals surface area contributed by atoms with Gasteiger partial charge in [0.2, 0.25) is 0 Å². The number of benzene rings is 2.